The largest absolute Gasteiger partial charge is 0.492 e. The molecule has 2 N–H and O–H groups in total. The number of carboxylic acids is 1. The van der Waals surface area contributed by atoms with Gasteiger partial charge in [-0.3, -0.25) is 0 Å². The van der Waals surface area contributed by atoms with Crippen LogP contribution in [0.3, 0.4) is 0 Å². The molecule has 0 radical (unpaired) electrons. The predicted octanol–water partition coefficient (Wildman–Crippen LogP) is 3.53. The second-order valence-corrected chi connectivity index (χ2v) is 7.92. The van der Waals surface area contributed by atoms with Crippen LogP contribution >= 0.6 is 0 Å². The summed E-state index contributed by atoms with van der Waals surface area (Å²) in [5, 5.41) is 12.1. The van der Waals surface area contributed by atoms with Gasteiger partial charge >= 0.3 is 12.0 Å². The summed E-state index contributed by atoms with van der Waals surface area (Å²) in [6, 6.07) is 13.3. The summed E-state index contributed by atoms with van der Waals surface area (Å²) in [6.45, 7) is 4.12. The van der Waals surface area contributed by atoms with Gasteiger partial charge in [0.2, 0.25) is 0 Å². The van der Waals surface area contributed by atoms with Gasteiger partial charge in [-0.2, -0.15) is 0 Å². The summed E-state index contributed by atoms with van der Waals surface area (Å²) >= 11 is 0. The maximum atomic E-state index is 13.1. The van der Waals surface area contributed by atoms with Gasteiger partial charge in [0.15, 0.2) is 6.10 Å². The minimum atomic E-state index is -0.990. The van der Waals surface area contributed by atoms with Crippen LogP contribution in [0.4, 0.5) is 9.18 Å². The molecule has 192 valence electrons. The molecular formula is C26H35FN2O6. The van der Waals surface area contributed by atoms with Crippen molar-refractivity contribution in [3.8, 4) is 5.75 Å². The molecule has 2 rings (SSSR count). The van der Waals surface area contributed by atoms with E-state index in [1.807, 2.05) is 12.1 Å². The predicted molar refractivity (Wildman–Crippen MR) is 130 cm³/mol. The fourth-order valence-electron chi connectivity index (χ4n) is 3.44. The number of nitrogens with zero attached hydrogens (tertiary/aromatic N) is 1. The average molecular weight is 491 g/mol. The Morgan fingerprint density at radius 3 is 2.34 bits per heavy atom. The molecule has 0 aliphatic rings. The smallest absolute Gasteiger partial charge is 0.333 e. The number of carbonyl (C=O) groups excluding carboxylic acids is 1. The summed E-state index contributed by atoms with van der Waals surface area (Å²) in [6.07, 6.45) is 0.839. The second-order valence-electron chi connectivity index (χ2n) is 7.92. The van der Waals surface area contributed by atoms with E-state index in [-0.39, 0.29) is 18.3 Å². The SMILES string of the molecule is CCOC(Cc1ccc(OCCN(CCCc2ccc(F)cc2)C(=O)NCCOC)cc1)C(=O)O. The summed E-state index contributed by atoms with van der Waals surface area (Å²) in [7, 11) is 1.57. The number of urea groups is 1. The molecule has 0 saturated carbocycles. The van der Waals surface area contributed by atoms with Gasteiger partial charge in [-0.1, -0.05) is 24.3 Å². The number of carbonyl (C=O) groups is 2. The number of aliphatic carboxylic acids is 1. The molecule has 0 saturated heterocycles. The highest BCUT2D eigenvalue weighted by atomic mass is 19.1. The van der Waals surface area contributed by atoms with Crippen molar-refractivity contribution in [2.75, 3.05) is 46.6 Å². The van der Waals surface area contributed by atoms with Crippen LogP contribution in [0.1, 0.15) is 24.5 Å². The molecule has 0 fully saturated rings. The van der Waals surface area contributed by atoms with Crippen molar-refractivity contribution in [1.82, 2.24) is 10.2 Å². The second kappa shape index (κ2) is 15.7. The number of hydrogen-bond acceptors (Lipinski definition) is 5. The molecule has 1 unspecified atom stereocenters. The molecule has 0 aliphatic heterocycles. The van der Waals surface area contributed by atoms with Gasteiger partial charge in [-0.15, -0.1) is 0 Å². The zero-order valence-electron chi connectivity index (χ0n) is 20.4. The highest BCUT2D eigenvalue weighted by Crippen LogP contribution is 2.15. The van der Waals surface area contributed by atoms with Gasteiger partial charge in [0, 0.05) is 33.2 Å². The van der Waals surface area contributed by atoms with Crippen LogP contribution in [0.15, 0.2) is 48.5 Å². The van der Waals surface area contributed by atoms with Crippen LogP contribution in [0.25, 0.3) is 0 Å². The van der Waals surface area contributed by atoms with Gasteiger partial charge in [-0.05, 0) is 55.2 Å². The highest BCUT2D eigenvalue weighted by Gasteiger charge is 2.18. The van der Waals surface area contributed by atoms with Gasteiger partial charge < -0.3 is 29.5 Å². The number of methoxy groups -OCH3 is 1. The maximum absolute atomic E-state index is 13.1. The number of hydrogen-bond donors (Lipinski definition) is 2. The number of amides is 2. The molecule has 0 aliphatic carbocycles. The quantitative estimate of drug-likeness (QED) is 0.350. The van der Waals surface area contributed by atoms with E-state index >= 15 is 0 Å². The van der Waals surface area contributed by atoms with Gasteiger partial charge in [0.1, 0.15) is 18.2 Å². The normalized spacial score (nSPS) is 11.6. The summed E-state index contributed by atoms with van der Waals surface area (Å²) in [5.74, 6) is -0.632. The number of aryl methyl sites for hydroxylation is 1. The zero-order chi connectivity index (χ0) is 25.5. The molecule has 2 aromatic rings. The first kappa shape index (κ1) is 28.1. The molecule has 2 aromatic carbocycles. The van der Waals surface area contributed by atoms with E-state index in [2.05, 4.69) is 5.32 Å². The Kier molecular flexibility index (Phi) is 12.6. The van der Waals surface area contributed by atoms with E-state index < -0.39 is 12.1 Å². The minimum absolute atomic E-state index is 0.198. The van der Waals surface area contributed by atoms with Crippen molar-refractivity contribution in [2.45, 2.75) is 32.3 Å². The Bertz CT molecular complexity index is 892. The monoisotopic (exact) mass is 490 g/mol. The van der Waals surface area contributed by atoms with Crippen LogP contribution < -0.4 is 10.1 Å². The lowest BCUT2D eigenvalue weighted by Crippen LogP contribution is -2.43. The van der Waals surface area contributed by atoms with Gasteiger partial charge in [-0.25, -0.2) is 14.0 Å². The number of benzene rings is 2. The molecular weight excluding hydrogens is 455 g/mol. The first-order chi connectivity index (χ1) is 16.9. The number of rotatable bonds is 16. The fraction of sp³-hybridized carbons (Fsp3) is 0.462. The fourth-order valence-corrected chi connectivity index (χ4v) is 3.44. The van der Waals surface area contributed by atoms with Crippen LogP contribution in [-0.2, 0) is 27.1 Å². The molecule has 2 amide bonds. The number of ether oxygens (including phenoxy) is 3. The van der Waals surface area contributed by atoms with E-state index in [0.717, 1.165) is 24.0 Å². The molecule has 0 heterocycles. The van der Waals surface area contributed by atoms with E-state index in [1.165, 1.54) is 12.1 Å². The first-order valence-corrected chi connectivity index (χ1v) is 11.7. The van der Waals surface area contributed by atoms with Crippen LogP contribution in [0, 0.1) is 5.82 Å². The topological polar surface area (TPSA) is 97.3 Å². The van der Waals surface area contributed by atoms with Crippen molar-refractivity contribution < 1.29 is 33.3 Å². The van der Waals surface area contributed by atoms with Crippen LogP contribution in [-0.4, -0.2) is 74.7 Å². The van der Waals surface area contributed by atoms with Crippen LogP contribution in [0.5, 0.6) is 5.75 Å². The van der Waals surface area contributed by atoms with Gasteiger partial charge in [0.25, 0.3) is 0 Å². The van der Waals surface area contributed by atoms with E-state index in [9.17, 15) is 19.1 Å². The standard InChI is InChI=1S/C26H35FN2O6/c1-3-34-24(25(30)31)19-21-8-12-23(13-9-21)35-18-16-29(26(32)28-14-17-33-2)15-4-5-20-6-10-22(27)11-7-20/h6-13,24H,3-5,14-19H2,1-2H3,(H,28,32)(H,30,31). The lowest BCUT2D eigenvalue weighted by molar-refractivity contribution is -0.149. The highest BCUT2D eigenvalue weighted by molar-refractivity contribution is 5.74. The molecule has 9 heteroatoms. The first-order valence-electron chi connectivity index (χ1n) is 11.7. The number of halogens is 1. The average Bonchev–Trinajstić information content (AvgIpc) is 2.85. The van der Waals surface area contributed by atoms with E-state index in [1.54, 1.807) is 43.2 Å². The summed E-state index contributed by atoms with van der Waals surface area (Å²) < 4.78 is 29.1. The summed E-state index contributed by atoms with van der Waals surface area (Å²) in [4.78, 5) is 25.5. The lowest BCUT2D eigenvalue weighted by Gasteiger charge is -2.23. The van der Waals surface area contributed by atoms with Crippen molar-refractivity contribution >= 4 is 12.0 Å². The van der Waals surface area contributed by atoms with Crippen molar-refractivity contribution in [2.24, 2.45) is 0 Å². The molecule has 8 nitrogen and oxygen atoms in total. The molecule has 0 aromatic heterocycles. The zero-order valence-corrected chi connectivity index (χ0v) is 20.4. The molecule has 1 atom stereocenters. The van der Waals surface area contributed by atoms with Crippen LogP contribution in [0.2, 0.25) is 0 Å². The maximum Gasteiger partial charge on any atom is 0.333 e. The third-order valence-electron chi connectivity index (χ3n) is 5.29. The number of nitrogens with one attached hydrogen (secondary N) is 1. The van der Waals surface area contributed by atoms with Crippen molar-refractivity contribution in [3.05, 3.63) is 65.5 Å². The lowest BCUT2D eigenvalue weighted by atomic mass is 10.1. The Morgan fingerprint density at radius 2 is 1.71 bits per heavy atom. The number of carboxylic acid groups (broad SMARTS) is 1. The Balaban J connectivity index is 1.86. The Morgan fingerprint density at radius 1 is 1.03 bits per heavy atom. The van der Waals surface area contributed by atoms with Gasteiger partial charge in [0.05, 0.1) is 13.2 Å². The van der Waals surface area contributed by atoms with E-state index in [4.69, 9.17) is 14.2 Å². The molecule has 35 heavy (non-hydrogen) atoms. The Labute approximate surface area is 206 Å². The Hall–Kier alpha value is -3.17. The minimum Gasteiger partial charge on any atom is -0.492 e. The van der Waals surface area contributed by atoms with E-state index in [0.29, 0.717) is 45.2 Å². The third-order valence-corrected chi connectivity index (χ3v) is 5.29. The molecule has 0 spiro atoms. The van der Waals surface area contributed by atoms with Crippen molar-refractivity contribution in [1.29, 1.82) is 0 Å². The molecule has 0 bridgehead atoms. The third kappa shape index (κ3) is 10.7. The summed E-state index contributed by atoms with van der Waals surface area (Å²) in [5.41, 5.74) is 1.84. The van der Waals surface area contributed by atoms with Crippen molar-refractivity contribution in [3.63, 3.8) is 0 Å².